The molecule has 0 saturated heterocycles. The molecule has 0 amide bonds. The molecule has 0 aromatic heterocycles. The van der Waals surface area contributed by atoms with Crippen LogP contribution < -0.4 is 5.48 Å². The molecule has 0 heterocycles. The first-order chi connectivity index (χ1) is 3.72. The first-order valence-corrected chi connectivity index (χ1v) is 2.78. The van der Waals surface area contributed by atoms with Crippen LogP contribution in [0.3, 0.4) is 0 Å². The van der Waals surface area contributed by atoms with Crippen molar-refractivity contribution in [2.24, 2.45) is 0 Å². The maximum Gasteiger partial charge on any atom is 0.0359 e. The SMILES string of the molecule is CCC(NO)=C(C)C. The maximum absolute atomic E-state index is 8.39. The second kappa shape index (κ2) is 3.50. The van der Waals surface area contributed by atoms with Gasteiger partial charge in [-0.2, -0.15) is 0 Å². The number of rotatable bonds is 2. The highest BCUT2D eigenvalue weighted by molar-refractivity contribution is 5.04. The fourth-order valence-corrected chi connectivity index (χ4v) is 0.544. The summed E-state index contributed by atoms with van der Waals surface area (Å²) >= 11 is 0. The van der Waals surface area contributed by atoms with E-state index in [1.165, 1.54) is 0 Å². The van der Waals surface area contributed by atoms with E-state index in [4.69, 9.17) is 5.21 Å². The lowest BCUT2D eigenvalue weighted by Crippen LogP contribution is -2.06. The zero-order valence-corrected chi connectivity index (χ0v) is 5.65. The van der Waals surface area contributed by atoms with Gasteiger partial charge < -0.3 is 0 Å². The molecule has 0 aliphatic heterocycles. The average Bonchev–Trinajstić information content (AvgIpc) is 1.69. The highest BCUT2D eigenvalue weighted by atomic mass is 16.5. The summed E-state index contributed by atoms with van der Waals surface area (Å²) in [6, 6.07) is 0. The van der Waals surface area contributed by atoms with Gasteiger partial charge in [0.25, 0.3) is 0 Å². The molecule has 0 aliphatic carbocycles. The normalized spacial score (nSPS) is 8.50. The van der Waals surface area contributed by atoms with Gasteiger partial charge >= 0.3 is 0 Å². The van der Waals surface area contributed by atoms with E-state index in [2.05, 4.69) is 5.48 Å². The molecule has 0 unspecified atom stereocenters. The molecule has 0 fully saturated rings. The molecule has 0 aliphatic rings. The minimum atomic E-state index is 0.860. The summed E-state index contributed by atoms with van der Waals surface area (Å²) < 4.78 is 0. The molecule has 0 aromatic carbocycles. The molecule has 0 radical (unpaired) electrons. The van der Waals surface area contributed by atoms with E-state index in [1.807, 2.05) is 20.8 Å². The van der Waals surface area contributed by atoms with Crippen LogP contribution in [0.15, 0.2) is 11.3 Å². The summed E-state index contributed by atoms with van der Waals surface area (Å²) in [5.74, 6) is 0. The van der Waals surface area contributed by atoms with E-state index in [0.717, 1.165) is 17.7 Å². The molecule has 0 saturated carbocycles. The van der Waals surface area contributed by atoms with Gasteiger partial charge in [-0.15, -0.1) is 0 Å². The van der Waals surface area contributed by atoms with Crippen LogP contribution in [-0.2, 0) is 0 Å². The van der Waals surface area contributed by atoms with E-state index < -0.39 is 0 Å². The van der Waals surface area contributed by atoms with Gasteiger partial charge in [-0.1, -0.05) is 12.5 Å². The monoisotopic (exact) mass is 115 g/mol. The highest BCUT2D eigenvalue weighted by Crippen LogP contribution is 2.01. The predicted octanol–water partition coefficient (Wildman–Crippen LogP) is 1.67. The minimum absolute atomic E-state index is 0.860. The molecule has 0 rings (SSSR count). The van der Waals surface area contributed by atoms with Gasteiger partial charge in [-0.25, -0.2) is 0 Å². The van der Waals surface area contributed by atoms with Gasteiger partial charge in [0.2, 0.25) is 0 Å². The first-order valence-electron chi connectivity index (χ1n) is 2.78. The third kappa shape index (κ3) is 1.98. The van der Waals surface area contributed by atoms with Crippen molar-refractivity contribution >= 4 is 0 Å². The van der Waals surface area contributed by atoms with E-state index >= 15 is 0 Å². The van der Waals surface area contributed by atoms with Crippen molar-refractivity contribution in [2.75, 3.05) is 0 Å². The second-order valence-corrected chi connectivity index (χ2v) is 1.94. The third-order valence-electron chi connectivity index (χ3n) is 1.09. The van der Waals surface area contributed by atoms with Gasteiger partial charge in [0.1, 0.15) is 0 Å². The zero-order chi connectivity index (χ0) is 6.57. The van der Waals surface area contributed by atoms with E-state index in [0.29, 0.717) is 0 Å². The Hall–Kier alpha value is -0.500. The van der Waals surface area contributed by atoms with Gasteiger partial charge in [-0.3, -0.25) is 10.7 Å². The van der Waals surface area contributed by atoms with Crippen LogP contribution in [0.25, 0.3) is 0 Å². The standard InChI is InChI=1S/C6H13NO/c1-4-6(7-8)5(2)3/h7-8H,4H2,1-3H3. The quantitative estimate of drug-likeness (QED) is 0.536. The minimum Gasteiger partial charge on any atom is -0.291 e. The van der Waals surface area contributed by atoms with Crippen LogP contribution in [0.1, 0.15) is 27.2 Å². The summed E-state index contributed by atoms with van der Waals surface area (Å²) in [6.07, 6.45) is 0.860. The lowest BCUT2D eigenvalue weighted by molar-refractivity contribution is 0.195. The number of hydrogen-bond acceptors (Lipinski definition) is 2. The van der Waals surface area contributed by atoms with E-state index in [1.54, 1.807) is 0 Å². The van der Waals surface area contributed by atoms with E-state index in [-0.39, 0.29) is 0 Å². The molecular weight excluding hydrogens is 102 g/mol. The van der Waals surface area contributed by atoms with E-state index in [9.17, 15) is 0 Å². The van der Waals surface area contributed by atoms with Crippen LogP contribution >= 0.6 is 0 Å². The Bertz CT molecular complexity index is 86.7. The molecule has 0 bridgehead atoms. The largest absolute Gasteiger partial charge is 0.291 e. The van der Waals surface area contributed by atoms with Crippen molar-refractivity contribution in [3.05, 3.63) is 11.3 Å². The van der Waals surface area contributed by atoms with Crippen LogP contribution in [0, 0.1) is 0 Å². The summed E-state index contributed by atoms with van der Waals surface area (Å²) in [4.78, 5) is 0. The van der Waals surface area contributed by atoms with Gasteiger partial charge in [0.15, 0.2) is 0 Å². The fourth-order valence-electron chi connectivity index (χ4n) is 0.544. The van der Waals surface area contributed by atoms with Gasteiger partial charge in [0, 0.05) is 5.70 Å². The molecule has 2 heteroatoms. The van der Waals surface area contributed by atoms with Crippen molar-refractivity contribution < 1.29 is 5.21 Å². The topological polar surface area (TPSA) is 32.3 Å². The summed E-state index contributed by atoms with van der Waals surface area (Å²) in [7, 11) is 0. The lowest BCUT2D eigenvalue weighted by Gasteiger charge is -2.02. The van der Waals surface area contributed by atoms with Crippen LogP contribution in [0.5, 0.6) is 0 Å². The van der Waals surface area contributed by atoms with Crippen LogP contribution in [0.4, 0.5) is 0 Å². The number of nitrogens with one attached hydrogen (secondary N) is 1. The number of hydroxylamine groups is 1. The van der Waals surface area contributed by atoms with Crippen LogP contribution in [0.2, 0.25) is 0 Å². The lowest BCUT2D eigenvalue weighted by atomic mass is 10.2. The van der Waals surface area contributed by atoms with Crippen molar-refractivity contribution in [1.82, 2.24) is 5.48 Å². The maximum atomic E-state index is 8.39. The molecule has 48 valence electrons. The van der Waals surface area contributed by atoms with Crippen molar-refractivity contribution in [1.29, 1.82) is 0 Å². The summed E-state index contributed by atoms with van der Waals surface area (Å²) in [6.45, 7) is 5.91. The molecule has 0 atom stereocenters. The predicted molar refractivity (Wildman–Crippen MR) is 33.6 cm³/mol. The second-order valence-electron chi connectivity index (χ2n) is 1.94. The molecule has 0 aromatic rings. The van der Waals surface area contributed by atoms with Crippen molar-refractivity contribution in [2.45, 2.75) is 27.2 Å². The zero-order valence-electron chi connectivity index (χ0n) is 5.65. The van der Waals surface area contributed by atoms with Crippen molar-refractivity contribution in [3.63, 3.8) is 0 Å². The van der Waals surface area contributed by atoms with Crippen molar-refractivity contribution in [3.8, 4) is 0 Å². The van der Waals surface area contributed by atoms with Gasteiger partial charge in [0.05, 0.1) is 0 Å². The molecular formula is C6H13NO. The number of hydrogen-bond donors (Lipinski definition) is 2. The fraction of sp³-hybridized carbons (Fsp3) is 0.667. The number of allylic oxidation sites excluding steroid dienone is 2. The molecule has 0 spiro atoms. The van der Waals surface area contributed by atoms with Gasteiger partial charge in [-0.05, 0) is 20.3 Å². The Balaban J connectivity index is 3.86. The Morgan fingerprint density at radius 3 is 2.00 bits per heavy atom. The molecule has 8 heavy (non-hydrogen) atoms. The average molecular weight is 115 g/mol. The molecule has 2 N–H and O–H groups in total. The summed E-state index contributed by atoms with van der Waals surface area (Å²) in [5.41, 5.74) is 4.17. The first kappa shape index (κ1) is 7.50. The Morgan fingerprint density at radius 1 is 1.50 bits per heavy atom. The molecule has 2 nitrogen and oxygen atoms in total. The summed E-state index contributed by atoms with van der Waals surface area (Å²) in [5, 5.41) is 8.39. The highest BCUT2D eigenvalue weighted by Gasteiger charge is 1.89. The Morgan fingerprint density at radius 2 is 2.00 bits per heavy atom. The Kier molecular flexibility index (Phi) is 3.28. The van der Waals surface area contributed by atoms with Crippen LogP contribution in [-0.4, -0.2) is 5.21 Å². The smallest absolute Gasteiger partial charge is 0.0359 e. The Labute approximate surface area is 50.2 Å². The third-order valence-corrected chi connectivity index (χ3v) is 1.09.